The van der Waals surface area contributed by atoms with Crippen LogP contribution in [0.5, 0.6) is 0 Å². The fourth-order valence-electron chi connectivity index (χ4n) is 4.63. The van der Waals surface area contributed by atoms with Crippen molar-refractivity contribution in [3.63, 3.8) is 0 Å². The summed E-state index contributed by atoms with van der Waals surface area (Å²) >= 11 is 3.56. The molecule has 5 rings (SSSR count). The van der Waals surface area contributed by atoms with E-state index >= 15 is 0 Å². The molecule has 5 nitrogen and oxygen atoms in total. The standard InChI is InChI=1S/C28H25BrF2N4O/c1-18-4-5-19(13-24(18)30)3-2-11-34-12-9-26-23(17-34)22-15-21(29)6-7-25(22)35(26)28(36)33-16-20-8-10-32-27(31)14-20/h2-8,10,13-15H,9,11-12,16-17H2,1H3,(H,33,36)/b3-2+. The fourth-order valence-corrected chi connectivity index (χ4v) is 5.00. The Bertz CT molecular complexity index is 1480. The maximum absolute atomic E-state index is 13.8. The normalized spacial score (nSPS) is 13.9. The van der Waals surface area contributed by atoms with Crippen LogP contribution in [0.2, 0.25) is 0 Å². The average molecular weight is 551 g/mol. The Balaban J connectivity index is 1.36. The first-order valence-electron chi connectivity index (χ1n) is 11.7. The lowest BCUT2D eigenvalue weighted by Crippen LogP contribution is -2.34. The van der Waals surface area contributed by atoms with Crippen molar-refractivity contribution in [1.82, 2.24) is 19.8 Å². The Kier molecular flexibility index (Phi) is 6.98. The first kappa shape index (κ1) is 24.3. The number of benzene rings is 2. The number of amides is 1. The number of fused-ring (bicyclic) bond motifs is 3. The van der Waals surface area contributed by atoms with E-state index in [1.165, 1.54) is 12.3 Å². The van der Waals surface area contributed by atoms with E-state index in [9.17, 15) is 13.6 Å². The number of aryl methyl sites for hydroxylation is 1. The molecule has 1 aliphatic rings. The molecule has 0 fully saturated rings. The monoisotopic (exact) mass is 550 g/mol. The summed E-state index contributed by atoms with van der Waals surface area (Å²) in [5.74, 6) is -0.775. The molecule has 2 aromatic heterocycles. The topological polar surface area (TPSA) is 50.2 Å². The molecule has 1 amide bonds. The number of aromatic nitrogens is 2. The van der Waals surface area contributed by atoms with E-state index in [0.29, 0.717) is 24.1 Å². The number of carbonyl (C=O) groups excluding carboxylic acids is 1. The fraction of sp³-hybridized carbons (Fsp3) is 0.214. The summed E-state index contributed by atoms with van der Waals surface area (Å²) in [5, 5.41) is 3.95. The van der Waals surface area contributed by atoms with Crippen molar-refractivity contribution < 1.29 is 13.6 Å². The smallest absolute Gasteiger partial charge is 0.326 e. The molecule has 0 radical (unpaired) electrons. The first-order chi connectivity index (χ1) is 17.4. The van der Waals surface area contributed by atoms with E-state index in [2.05, 4.69) is 31.1 Å². The summed E-state index contributed by atoms with van der Waals surface area (Å²) in [6.45, 7) is 4.17. The molecule has 1 aliphatic heterocycles. The van der Waals surface area contributed by atoms with Crippen molar-refractivity contribution in [1.29, 1.82) is 0 Å². The van der Waals surface area contributed by atoms with Gasteiger partial charge in [-0.1, -0.05) is 40.2 Å². The zero-order chi connectivity index (χ0) is 25.2. The van der Waals surface area contributed by atoms with Gasteiger partial charge in [-0.3, -0.25) is 9.47 Å². The van der Waals surface area contributed by atoms with Gasteiger partial charge in [0.15, 0.2) is 0 Å². The van der Waals surface area contributed by atoms with Crippen molar-refractivity contribution in [3.05, 3.63) is 105 Å². The third-order valence-electron chi connectivity index (χ3n) is 6.50. The van der Waals surface area contributed by atoms with E-state index in [1.807, 2.05) is 36.4 Å². The van der Waals surface area contributed by atoms with Crippen LogP contribution in [0.3, 0.4) is 0 Å². The molecule has 0 unspecified atom stereocenters. The summed E-state index contributed by atoms with van der Waals surface area (Å²) < 4.78 is 30.0. The highest BCUT2D eigenvalue weighted by molar-refractivity contribution is 9.10. The molecule has 8 heteroatoms. The SMILES string of the molecule is Cc1ccc(/C=C/CN2CCc3c(c4cc(Br)ccc4n3C(=O)NCc3ccnc(F)c3)C2)cc1F. The Labute approximate surface area is 216 Å². The molecule has 0 saturated carbocycles. The van der Waals surface area contributed by atoms with Crippen molar-refractivity contribution in [2.45, 2.75) is 26.4 Å². The van der Waals surface area contributed by atoms with Gasteiger partial charge >= 0.3 is 6.03 Å². The van der Waals surface area contributed by atoms with Crippen LogP contribution in [0.1, 0.15) is 27.9 Å². The zero-order valence-electron chi connectivity index (χ0n) is 19.8. The summed E-state index contributed by atoms with van der Waals surface area (Å²) in [5.41, 5.74) is 5.07. The van der Waals surface area contributed by atoms with Crippen LogP contribution >= 0.6 is 15.9 Å². The van der Waals surface area contributed by atoms with Gasteiger partial charge in [0.1, 0.15) is 5.82 Å². The molecule has 2 aromatic carbocycles. The molecule has 0 spiro atoms. The largest absolute Gasteiger partial charge is 0.333 e. The van der Waals surface area contributed by atoms with Gasteiger partial charge < -0.3 is 5.32 Å². The molecule has 3 heterocycles. The van der Waals surface area contributed by atoms with E-state index in [4.69, 9.17) is 0 Å². The molecule has 1 N–H and O–H groups in total. The Morgan fingerprint density at radius 1 is 1.17 bits per heavy atom. The quantitative estimate of drug-likeness (QED) is 0.300. The molecule has 184 valence electrons. The van der Waals surface area contributed by atoms with Gasteiger partial charge in [-0.2, -0.15) is 4.39 Å². The van der Waals surface area contributed by atoms with Crippen molar-refractivity contribution >= 4 is 38.9 Å². The number of carbonyl (C=O) groups is 1. The molecule has 36 heavy (non-hydrogen) atoms. The summed E-state index contributed by atoms with van der Waals surface area (Å²) in [7, 11) is 0. The number of hydrogen-bond acceptors (Lipinski definition) is 3. The molecule has 0 bridgehead atoms. The third-order valence-corrected chi connectivity index (χ3v) is 6.99. The minimum Gasteiger partial charge on any atom is -0.333 e. The predicted octanol–water partition coefficient (Wildman–Crippen LogP) is 6.21. The Hall–Kier alpha value is -3.36. The van der Waals surface area contributed by atoms with Crippen LogP contribution in [0, 0.1) is 18.7 Å². The number of pyridine rings is 1. The lowest BCUT2D eigenvalue weighted by molar-refractivity contribution is 0.240. The van der Waals surface area contributed by atoms with Gasteiger partial charge in [-0.15, -0.1) is 0 Å². The lowest BCUT2D eigenvalue weighted by atomic mass is 10.0. The predicted molar refractivity (Wildman–Crippen MR) is 141 cm³/mol. The maximum atomic E-state index is 13.8. The molecule has 0 aliphatic carbocycles. The second-order valence-electron chi connectivity index (χ2n) is 8.96. The van der Waals surface area contributed by atoms with E-state index in [0.717, 1.165) is 45.3 Å². The summed E-state index contributed by atoms with van der Waals surface area (Å²) in [6.07, 6.45) is 6.09. The first-order valence-corrected chi connectivity index (χ1v) is 12.5. The van der Waals surface area contributed by atoms with Crippen molar-refractivity contribution in [2.24, 2.45) is 0 Å². The molecule has 4 aromatic rings. The summed E-state index contributed by atoms with van der Waals surface area (Å²) in [4.78, 5) is 19.1. The molecular weight excluding hydrogens is 526 g/mol. The van der Waals surface area contributed by atoms with E-state index < -0.39 is 5.95 Å². The highest BCUT2D eigenvalue weighted by Crippen LogP contribution is 2.33. The minimum absolute atomic E-state index is 0.203. The number of halogens is 3. The van der Waals surface area contributed by atoms with Gasteiger partial charge in [0.05, 0.1) is 5.52 Å². The number of nitrogens with one attached hydrogen (secondary N) is 1. The van der Waals surface area contributed by atoms with Crippen LogP contribution in [-0.2, 0) is 19.5 Å². The second kappa shape index (κ2) is 10.3. The van der Waals surface area contributed by atoms with Crippen molar-refractivity contribution in [3.8, 4) is 0 Å². The molecule has 0 atom stereocenters. The lowest BCUT2D eigenvalue weighted by Gasteiger charge is -2.27. The summed E-state index contributed by atoms with van der Waals surface area (Å²) in [6, 6.07) is 13.9. The van der Waals surface area contributed by atoms with Gasteiger partial charge in [0, 0.05) is 54.3 Å². The highest BCUT2D eigenvalue weighted by atomic mass is 79.9. The van der Waals surface area contributed by atoms with Gasteiger partial charge in [0.25, 0.3) is 0 Å². The van der Waals surface area contributed by atoms with Crippen LogP contribution in [-0.4, -0.2) is 33.6 Å². The van der Waals surface area contributed by atoms with E-state index in [-0.39, 0.29) is 18.4 Å². The number of rotatable bonds is 5. The van der Waals surface area contributed by atoms with Crippen LogP contribution in [0.15, 0.2) is 65.3 Å². The van der Waals surface area contributed by atoms with Crippen LogP contribution in [0.25, 0.3) is 17.0 Å². The highest BCUT2D eigenvalue weighted by Gasteiger charge is 2.26. The second-order valence-corrected chi connectivity index (χ2v) is 9.88. The zero-order valence-corrected chi connectivity index (χ0v) is 21.4. The maximum Gasteiger partial charge on any atom is 0.326 e. The molecular formula is C28H25BrF2N4O. The van der Waals surface area contributed by atoms with Crippen LogP contribution < -0.4 is 5.32 Å². The average Bonchev–Trinajstić information content (AvgIpc) is 3.18. The van der Waals surface area contributed by atoms with E-state index in [1.54, 1.807) is 29.7 Å². The Morgan fingerprint density at radius 3 is 2.83 bits per heavy atom. The minimum atomic E-state index is -0.572. The van der Waals surface area contributed by atoms with Gasteiger partial charge in [0.2, 0.25) is 5.95 Å². The Morgan fingerprint density at radius 2 is 2.03 bits per heavy atom. The third kappa shape index (κ3) is 5.10. The van der Waals surface area contributed by atoms with Gasteiger partial charge in [-0.05, 0) is 65.6 Å². The van der Waals surface area contributed by atoms with Gasteiger partial charge in [-0.25, -0.2) is 14.2 Å². The van der Waals surface area contributed by atoms with Crippen LogP contribution in [0.4, 0.5) is 13.6 Å². The van der Waals surface area contributed by atoms with Crippen molar-refractivity contribution in [2.75, 3.05) is 13.1 Å². The molecule has 0 saturated heterocycles. The number of hydrogen-bond donors (Lipinski definition) is 1. The number of nitrogens with zero attached hydrogens (tertiary/aromatic N) is 3.